The van der Waals surface area contributed by atoms with E-state index in [2.05, 4.69) is 26.9 Å². The van der Waals surface area contributed by atoms with Gasteiger partial charge < -0.3 is 10.0 Å². The number of piperidine rings is 1. The zero-order chi connectivity index (χ0) is 9.97. The Balaban J connectivity index is 2.21. The molecule has 1 aromatic rings. The maximum atomic E-state index is 9.47. The SMILES string of the molecule is Oc1cc(Br)cc(N2CCCCC2)c1. The predicted octanol–water partition coefficient (Wildman–Crippen LogP) is 3.15. The van der Waals surface area contributed by atoms with Crippen molar-refractivity contribution in [2.45, 2.75) is 19.3 Å². The molecule has 1 aliphatic heterocycles. The predicted molar refractivity (Wildman–Crippen MR) is 61.9 cm³/mol. The van der Waals surface area contributed by atoms with Crippen molar-refractivity contribution in [2.75, 3.05) is 18.0 Å². The molecule has 0 amide bonds. The number of anilines is 1. The quantitative estimate of drug-likeness (QED) is 0.834. The molecule has 0 aliphatic carbocycles. The van der Waals surface area contributed by atoms with Crippen LogP contribution in [0.1, 0.15) is 19.3 Å². The molecule has 1 saturated heterocycles. The average Bonchev–Trinajstić information content (AvgIpc) is 2.18. The summed E-state index contributed by atoms with van der Waals surface area (Å²) in [5.74, 6) is 0.333. The Morgan fingerprint density at radius 2 is 1.79 bits per heavy atom. The van der Waals surface area contributed by atoms with E-state index < -0.39 is 0 Å². The van der Waals surface area contributed by atoms with Crippen LogP contribution in [0.5, 0.6) is 5.75 Å². The monoisotopic (exact) mass is 255 g/mol. The lowest BCUT2D eigenvalue weighted by molar-refractivity contribution is 0.474. The first kappa shape index (κ1) is 9.84. The Bertz CT molecular complexity index is 301. The summed E-state index contributed by atoms with van der Waals surface area (Å²) in [5, 5.41) is 9.47. The van der Waals surface area contributed by atoms with Crippen molar-refractivity contribution < 1.29 is 5.11 Å². The van der Waals surface area contributed by atoms with Gasteiger partial charge in [-0.25, -0.2) is 0 Å². The molecule has 1 fully saturated rings. The van der Waals surface area contributed by atoms with E-state index >= 15 is 0 Å². The second-order valence-electron chi connectivity index (χ2n) is 3.72. The maximum absolute atomic E-state index is 9.47. The van der Waals surface area contributed by atoms with Crippen molar-refractivity contribution in [3.63, 3.8) is 0 Å². The summed E-state index contributed by atoms with van der Waals surface area (Å²) in [6.07, 6.45) is 3.84. The van der Waals surface area contributed by atoms with E-state index in [0.717, 1.165) is 23.2 Å². The van der Waals surface area contributed by atoms with E-state index in [1.165, 1.54) is 19.3 Å². The second-order valence-corrected chi connectivity index (χ2v) is 4.63. The highest BCUT2D eigenvalue weighted by atomic mass is 79.9. The molecule has 1 aliphatic rings. The second kappa shape index (κ2) is 4.22. The van der Waals surface area contributed by atoms with E-state index in [1.54, 1.807) is 6.07 Å². The third kappa shape index (κ3) is 2.21. The molecule has 0 aromatic heterocycles. The summed E-state index contributed by atoms with van der Waals surface area (Å²) in [5.41, 5.74) is 1.12. The number of phenols is 1. The van der Waals surface area contributed by atoms with Crippen LogP contribution in [0.25, 0.3) is 0 Å². The summed E-state index contributed by atoms with van der Waals surface area (Å²) < 4.78 is 0.943. The van der Waals surface area contributed by atoms with Crippen LogP contribution in [0.3, 0.4) is 0 Å². The topological polar surface area (TPSA) is 23.5 Å². The van der Waals surface area contributed by atoms with Gasteiger partial charge in [0.1, 0.15) is 5.75 Å². The fourth-order valence-corrected chi connectivity index (χ4v) is 2.36. The van der Waals surface area contributed by atoms with E-state index in [-0.39, 0.29) is 0 Å². The highest BCUT2D eigenvalue weighted by molar-refractivity contribution is 9.10. The van der Waals surface area contributed by atoms with Crippen LogP contribution in [0.4, 0.5) is 5.69 Å². The van der Waals surface area contributed by atoms with E-state index in [4.69, 9.17) is 0 Å². The Labute approximate surface area is 92.7 Å². The smallest absolute Gasteiger partial charge is 0.118 e. The Morgan fingerprint density at radius 1 is 1.07 bits per heavy atom. The molecule has 2 nitrogen and oxygen atoms in total. The minimum absolute atomic E-state index is 0.333. The van der Waals surface area contributed by atoms with Gasteiger partial charge in [0.15, 0.2) is 0 Å². The minimum atomic E-state index is 0.333. The number of benzene rings is 1. The molecule has 1 heterocycles. The molecule has 76 valence electrons. The number of aromatic hydroxyl groups is 1. The minimum Gasteiger partial charge on any atom is -0.508 e. The summed E-state index contributed by atoms with van der Waals surface area (Å²) in [6.45, 7) is 2.21. The fraction of sp³-hybridized carbons (Fsp3) is 0.455. The third-order valence-electron chi connectivity index (χ3n) is 2.59. The normalized spacial score (nSPS) is 17.1. The number of hydrogen-bond acceptors (Lipinski definition) is 2. The summed E-state index contributed by atoms with van der Waals surface area (Å²) in [4.78, 5) is 2.33. The van der Waals surface area contributed by atoms with Gasteiger partial charge >= 0.3 is 0 Å². The first-order valence-electron chi connectivity index (χ1n) is 5.00. The number of halogens is 1. The highest BCUT2D eigenvalue weighted by Gasteiger charge is 2.11. The van der Waals surface area contributed by atoms with Gasteiger partial charge in [0.05, 0.1) is 0 Å². The zero-order valence-corrected chi connectivity index (χ0v) is 9.63. The highest BCUT2D eigenvalue weighted by Crippen LogP contribution is 2.28. The molecule has 0 unspecified atom stereocenters. The van der Waals surface area contributed by atoms with Gasteiger partial charge in [-0.05, 0) is 31.4 Å². The molecular formula is C11H14BrNO. The Morgan fingerprint density at radius 3 is 2.43 bits per heavy atom. The molecule has 1 N–H and O–H groups in total. The number of rotatable bonds is 1. The van der Waals surface area contributed by atoms with Crippen LogP contribution in [0.2, 0.25) is 0 Å². The third-order valence-corrected chi connectivity index (χ3v) is 3.05. The molecule has 0 atom stereocenters. The molecule has 1 aromatic carbocycles. The summed E-state index contributed by atoms with van der Waals surface area (Å²) >= 11 is 3.39. The van der Waals surface area contributed by atoms with Crippen LogP contribution in [-0.2, 0) is 0 Å². The zero-order valence-electron chi connectivity index (χ0n) is 8.04. The van der Waals surface area contributed by atoms with Gasteiger partial charge in [-0.1, -0.05) is 15.9 Å². The molecule has 0 saturated carbocycles. The van der Waals surface area contributed by atoms with Gasteiger partial charge in [0.25, 0.3) is 0 Å². The standard InChI is InChI=1S/C11H14BrNO/c12-9-6-10(8-11(14)7-9)13-4-2-1-3-5-13/h6-8,14H,1-5H2. The number of hydrogen-bond donors (Lipinski definition) is 1. The van der Waals surface area contributed by atoms with Crippen molar-refractivity contribution in [3.8, 4) is 5.75 Å². The Hall–Kier alpha value is -0.700. The van der Waals surface area contributed by atoms with E-state index in [1.807, 2.05) is 6.07 Å². The van der Waals surface area contributed by atoms with Gasteiger partial charge in [-0.3, -0.25) is 0 Å². The van der Waals surface area contributed by atoms with E-state index in [0.29, 0.717) is 5.75 Å². The molecule has 0 spiro atoms. The van der Waals surface area contributed by atoms with Crippen LogP contribution < -0.4 is 4.90 Å². The van der Waals surface area contributed by atoms with Gasteiger partial charge in [-0.15, -0.1) is 0 Å². The van der Waals surface area contributed by atoms with Crippen LogP contribution in [0, 0.1) is 0 Å². The maximum Gasteiger partial charge on any atom is 0.118 e. The fourth-order valence-electron chi connectivity index (χ4n) is 1.89. The van der Waals surface area contributed by atoms with E-state index in [9.17, 15) is 5.11 Å². The summed E-state index contributed by atoms with van der Waals surface area (Å²) in [7, 11) is 0. The molecule has 3 heteroatoms. The lowest BCUT2D eigenvalue weighted by Gasteiger charge is -2.29. The van der Waals surface area contributed by atoms with Crippen molar-refractivity contribution in [2.24, 2.45) is 0 Å². The van der Waals surface area contributed by atoms with Crippen molar-refractivity contribution in [1.29, 1.82) is 0 Å². The largest absolute Gasteiger partial charge is 0.508 e. The Kier molecular flexibility index (Phi) is 2.96. The van der Waals surface area contributed by atoms with Gasteiger partial charge in [0.2, 0.25) is 0 Å². The molecule has 2 rings (SSSR count). The van der Waals surface area contributed by atoms with Crippen LogP contribution in [-0.4, -0.2) is 18.2 Å². The molecular weight excluding hydrogens is 242 g/mol. The molecule has 0 radical (unpaired) electrons. The number of phenolic OH excluding ortho intramolecular Hbond substituents is 1. The molecule has 14 heavy (non-hydrogen) atoms. The van der Waals surface area contributed by atoms with Crippen molar-refractivity contribution in [3.05, 3.63) is 22.7 Å². The van der Waals surface area contributed by atoms with Crippen molar-refractivity contribution >= 4 is 21.6 Å². The van der Waals surface area contributed by atoms with Gasteiger partial charge in [-0.2, -0.15) is 0 Å². The average molecular weight is 256 g/mol. The first-order chi connectivity index (χ1) is 6.75. The van der Waals surface area contributed by atoms with Crippen LogP contribution in [0.15, 0.2) is 22.7 Å². The number of nitrogens with zero attached hydrogens (tertiary/aromatic N) is 1. The lowest BCUT2D eigenvalue weighted by atomic mass is 10.1. The lowest BCUT2D eigenvalue weighted by Crippen LogP contribution is -2.29. The van der Waals surface area contributed by atoms with Crippen LogP contribution >= 0.6 is 15.9 Å². The van der Waals surface area contributed by atoms with Crippen molar-refractivity contribution in [1.82, 2.24) is 0 Å². The summed E-state index contributed by atoms with van der Waals surface area (Å²) in [6, 6.07) is 5.61. The first-order valence-corrected chi connectivity index (χ1v) is 5.79. The molecule has 0 bridgehead atoms. The van der Waals surface area contributed by atoms with Gasteiger partial charge in [0, 0.05) is 29.3 Å².